The quantitative estimate of drug-likeness (QED) is 0.0995. The number of benzene rings is 1. The van der Waals surface area contributed by atoms with Crippen molar-refractivity contribution < 1.29 is 24.0 Å². The maximum atomic E-state index is 14.1. The third-order valence-electron chi connectivity index (χ3n) is 13.4. The summed E-state index contributed by atoms with van der Waals surface area (Å²) in [4.78, 5) is 54.8. The Kier molecular flexibility index (Phi) is 14.3. The number of aliphatic hydroxyl groups excluding tert-OH is 1. The molecule has 2 saturated heterocycles. The van der Waals surface area contributed by atoms with Gasteiger partial charge >= 0.3 is 0 Å². The van der Waals surface area contributed by atoms with Crippen molar-refractivity contribution in [3.8, 4) is 33.9 Å². The second-order valence-corrected chi connectivity index (χ2v) is 20.9. The molecule has 0 radical (unpaired) electrons. The number of carbonyl (C=O) groups excluding carboxylic acids is 2. The number of anilines is 2. The Hall–Kier alpha value is -6.34. The minimum absolute atomic E-state index is 0.0471. The van der Waals surface area contributed by atoms with Crippen LogP contribution >= 0.6 is 22.7 Å². The SMILES string of the molecule is CC(C)[C@@H](C(=O)N1C[C@H](O)C[C@H]1C(=O)NCc1ncc(-c2ccccc2)s1)n1cc(OCCCCN2CCCN(c3nccc(-c4noc([C@@]5(C)CCCc6sc(N)c(C#N)c65)n4)n3)[C@@H](C)C2)nn1. The van der Waals surface area contributed by atoms with E-state index in [-0.39, 0.29) is 43.3 Å². The van der Waals surface area contributed by atoms with Crippen molar-refractivity contribution >= 4 is 45.4 Å². The van der Waals surface area contributed by atoms with Crippen molar-refractivity contribution in [2.45, 2.75) is 109 Å². The van der Waals surface area contributed by atoms with Gasteiger partial charge in [-0.25, -0.2) is 19.6 Å². The molecular formula is C48H58N14O5S2. The zero-order chi connectivity index (χ0) is 48.2. The van der Waals surface area contributed by atoms with Gasteiger partial charge in [-0.1, -0.05) is 59.6 Å². The highest BCUT2D eigenvalue weighted by atomic mass is 32.1. The number of nitrogens with two attached hydrogens (primary N) is 1. The van der Waals surface area contributed by atoms with Gasteiger partial charge in [0.2, 0.25) is 29.5 Å². The first-order chi connectivity index (χ1) is 33.4. The number of nitriles is 1. The van der Waals surface area contributed by atoms with Gasteiger partial charge in [-0.3, -0.25) is 9.59 Å². The van der Waals surface area contributed by atoms with E-state index < -0.39 is 23.6 Å². The minimum Gasteiger partial charge on any atom is -0.475 e. The van der Waals surface area contributed by atoms with E-state index in [1.807, 2.05) is 44.2 Å². The molecule has 21 heteroatoms. The molecule has 0 spiro atoms. The van der Waals surface area contributed by atoms with E-state index in [0.29, 0.717) is 46.4 Å². The summed E-state index contributed by atoms with van der Waals surface area (Å²) >= 11 is 2.97. The molecule has 69 heavy (non-hydrogen) atoms. The molecule has 362 valence electrons. The Morgan fingerprint density at radius 1 is 1.10 bits per heavy atom. The van der Waals surface area contributed by atoms with Crippen LogP contribution in [0, 0.1) is 17.2 Å². The molecular weight excluding hydrogens is 917 g/mol. The summed E-state index contributed by atoms with van der Waals surface area (Å²) < 4.78 is 13.4. The lowest BCUT2D eigenvalue weighted by molar-refractivity contribution is -0.142. The molecule has 3 aliphatic rings. The maximum absolute atomic E-state index is 14.1. The van der Waals surface area contributed by atoms with E-state index in [9.17, 15) is 20.0 Å². The summed E-state index contributed by atoms with van der Waals surface area (Å²) in [5, 5.41) is 37.6. The van der Waals surface area contributed by atoms with Gasteiger partial charge in [0.05, 0.1) is 41.3 Å². The number of aliphatic hydroxyl groups is 1. The van der Waals surface area contributed by atoms with E-state index >= 15 is 0 Å². The summed E-state index contributed by atoms with van der Waals surface area (Å²) in [6.07, 6.45) is 9.70. The van der Waals surface area contributed by atoms with Crippen LogP contribution in [0.3, 0.4) is 0 Å². The number of fused-ring (bicyclic) bond motifs is 1. The number of ether oxygens (including phenoxy) is 1. The fourth-order valence-corrected chi connectivity index (χ4v) is 11.9. The number of amides is 2. The predicted molar refractivity (Wildman–Crippen MR) is 260 cm³/mol. The van der Waals surface area contributed by atoms with Crippen LogP contribution in [0.15, 0.2) is 59.5 Å². The molecule has 4 N–H and O–H groups in total. The molecule has 7 heterocycles. The lowest BCUT2D eigenvalue weighted by Gasteiger charge is -2.30. The summed E-state index contributed by atoms with van der Waals surface area (Å²) in [5.41, 5.74) is 8.67. The first kappa shape index (κ1) is 47.7. The Balaban J connectivity index is 0.746. The molecule has 1 aliphatic carbocycles. The van der Waals surface area contributed by atoms with Gasteiger partial charge in [-0.15, -0.1) is 22.7 Å². The van der Waals surface area contributed by atoms with Crippen LogP contribution in [0.4, 0.5) is 10.9 Å². The first-order valence-electron chi connectivity index (χ1n) is 23.7. The number of unbranched alkanes of at least 4 members (excludes halogenated alkanes) is 1. The fraction of sp³-hybridized carbons (Fsp3) is 0.500. The predicted octanol–water partition coefficient (Wildman–Crippen LogP) is 5.63. The van der Waals surface area contributed by atoms with Crippen LogP contribution < -0.4 is 20.7 Å². The molecule has 0 unspecified atom stereocenters. The molecule has 0 saturated carbocycles. The number of nitrogen functional groups attached to an aromatic ring is 1. The number of hydrogen-bond donors (Lipinski definition) is 3. The second kappa shape index (κ2) is 20.7. The van der Waals surface area contributed by atoms with Crippen molar-refractivity contribution in [1.82, 2.24) is 55.2 Å². The topological polar surface area (TPSA) is 243 Å². The molecule has 2 amide bonds. The van der Waals surface area contributed by atoms with E-state index in [1.54, 1.807) is 24.7 Å². The number of nitrogens with one attached hydrogen (secondary N) is 1. The molecule has 1 aromatic carbocycles. The van der Waals surface area contributed by atoms with Crippen molar-refractivity contribution in [3.05, 3.63) is 81.9 Å². The molecule has 5 atom stereocenters. The molecule has 0 bridgehead atoms. The molecule has 6 aromatic rings. The number of rotatable bonds is 16. The second-order valence-electron chi connectivity index (χ2n) is 18.7. The third kappa shape index (κ3) is 10.2. The van der Waals surface area contributed by atoms with Crippen LogP contribution in [-0.4, -0.2) is 124 Å². The standard InChI is InChI=1S/C48H58N14O5S2/c1-29(2)41(45(65)61-27-32(63)22-35(61)44(64)53-25-39-52-24-37(68-39)31-12-6-5-7-13-31)62-28-38(56-58-62)66-21-9-8-18-59-19-11-20-60(30(3)26-59)47-51-17-15-34(54-47)43-55-46(67-57-43)48(4)16-10-14-36-40(48)33(23-49)42(50)69-36/h5-7,12-13,15,17,24,28-30,32,35,41,63H,8-11,14,16,18-22,25-27,50H2,1-4H3,(H,53,64)/t30-,32+,35-,41-,48-/m0/s1. The Morgan fingerprint density at radius 2 is 1.94 bits per heavy atom. The average Bonchev–Trinajstić information content (AvgIpc) is 4.20. The smallest absolute Gasteiger partial charge is 0.253 e. The van der Waals surface area contributed by atoms with Gasteiger partial charge in [0.15, 0.2) is 0 Å². The number of thiophene rings is 1. The number of aryl methyl sites for hydroxylation is 1. The van der Waals surface area contributed by atoms with Gasteiger partial charge in [0.1, 0.15) is 33.9 Å². The number of β-amino-alcohol motifs (C(OH)–C–C–N with tert-alkyl or cyclic N) is 1. The summed E-state index contributed by atoms with van der Waals surface area (Å²) in [5.74, 6) is 0.930. The van der Waals surface area contributed by atoms with Gasteiger partial charge in [0, 0.05) is 54.9 Å². The van der Waals surface area contributed by atoms with Crippen LogP contribution in [0.1, 0.15) is 99.2 Å². The van der Waals surface area contributed by atoms with E-state index in [4.69, 9.17) is 25.0 Å². The van der Waals surface area contributed by atoms with E-state index in [1.165, 1.54) is 32.3 Å². The van der Waals surface area contributed by atoms with Crippen LogP contribution in [0.2, 0.25) is 0 Å². The third-order valence-corrected chi connectivity index (χ3v) is 15.5. The summed E-state index contributed by atoms with van der Waals surface area (Å²) in [6, 6.07) is 12.6. The van der Waals surface area contributed by atoms with E-state index in [2.05, 4.69) is 60.5 Å². The van der Waals surface area contributed by atoms with Crippen LogP contribution in [0.25, 0.3) is 22.0 Å². The zero-order valence-corrected chi connectivity index (χ0v) is 41.0. The molecule has 2 fully saturated rings. The van der Waals surface area contributed by atoms with Gasteiger partial charge in [-0.2, -0.15) is 10.2 Å². The van der Waals surface area contributed by atoms with Crippen LogP contribution in [0.5, 0.6) is 5.88 Å². The molecule has 19 nitrogen and oxygen atoms in total. The number of nitrogens with zero attached hydrogens (tertiary/aromatic N) is 12. The molecule has 2 aliphatic heterocycles. The molecule has 9 rings (SSSR count). The van der Waals surface area contributed by atoms with Crippen molar-refractivity contribution in [2.24, 2.45) is 5.92 Å². The lowest BCUT2D eigenvalue weighted by atomic mass is 9.72. The lowest BCUT2D eigenvalue weighted by Crippen LogP contribution is -2.49. The van der Waals surface area contributed by atoms with Crippen molar-refractivity contribution in [2.75, 3.05) is 50.0 Å². The Morgan fingerprint density at radius 3 is 2.75 bits per heavy atom. The number of hydrogen-bond acceptors (Lipinski definition) is 18. The number of likely N-dealkylation sites (tertiary alicyclic amines) is 1. The number of thiazole rings is 1. The monoisotopic (exact) mass is 974 g/mol. The van der Waals surface area contributed by atoms with E-state index in [0.717, 1.165) is 90.6 Å². The highest BCUT2D eigenvalue weighted by molar-refractivity contribution is 7.16. The van der Waals surface area contributed by atoms with Crippen LogP contribution in [-0.2, 0) is 28.0 Å². The number of aromatic nitrogens is 8. The van der Waals surface area contributed by atoms with Crippen molar-refractivity contribution in [3.63, 3.8) is 0 Å². The highest BCUT2D eigenvalue weighted by Crippen LogP contribution is 2.48. The fourth-order valence-electron chi connectivity index (χ4n) is 9.89. The van der Waals surface area contributed by atoms with Gasteiger partial charge < -0.3 is 40.1 Å². The normalized spacial score (nSPS) is 21.2. The Labute approximate surface area is 408 Å². The molecule has 5 aromatic heterocycles. The first-order valence-corrected chi connectivity index (χ1v) is 25.3. The highest BCUT2D eigenvalue weighted by Gasteiger charge is 2.44. The average molecular weight is 975 g/mol. The van der Waals surface area contributed by atoms with Crippen molar-refractivity contribution in [1.29, 1.82) is 5.26 Å². The largest absolute Gasteiger partial charge is 0.475 e. The number of carbonyl (C=O) groups is 2. The minimum atomic E-state index is -0.831. The van der Waals surface area contributed by atoms with Gasteiger partial charge in [-0.05, 0) is 83.0 Å². The van der Waals surface area contributed by atoms with Gasteiger partial charge in [0.25, 0.3) is 5.88 Å². The Bertz CT molecular complexity index is 2790. The maximum Gasteiger partial charge on any atom is 0.253 e. The zero-order valence-electron chi connectivity index (χ0n) is 39.3. The summed E-state index contributed by atoms with van der Waals surface area (Å²) in [6.45, 7) is 12.2. The summed E-state index contributed by atoms with van der Waals surface area (Å²) in [7, 11) is 0.